The van der Waals surface area contributed by atoms with E-state index in [9.17, 15) is 24.5 Å². The maximum absolute atomic E-state index is 12.6. The van der Waals surface area contributed by atoms with Crippen LogP contribution in [0, 0.1) is 10.1 Å². The number of rotatable bonds is 5. The molecule has 0 aromatic heterocycles. The molecule has 0 aliphatic carbocycles. The Morgan fingerprint density at radius 3 is 2.31 bits per heavy atom. The Kier molecular flexibility index (Phi) is 5.82. The smallest absolute Gasteiger partial charge is 0.269 e. The highest BCUT2D eigenvalue weighted by molar-refractivity contribution is 7.99. The number of hydrogen-bond donors (Lipinski definition) is 4. The number of benzene rings is 2. The Morgan fingerprint density at radius 1 is 1.03 bits per heavy atom. The number of amides is 3. The lowest BCUT2D eigenvalue weighted by Gasteiger charge is -2.37. The number of nitro groups is 1. The molecular weight excluding hydrogens is 434 g/mol. The fraction of sp³-hybridized carbons (Fsp3) is 0.190. The average molecular weight is 453 g/mol. The fourth-order valence-corrected chi connectivity index (χ4v) is 4.71. The first-order valence-electron chi connectivity index (χ1n) is 9.71. The summed E-state index contributed by atoms with van der Waals surface area (Å²) < 4.78 is 0. The van der Waals surface area contributed by atoms with Crippen molar-refractivity contribution in [2.75, 3.05) is 27.5 Å². The largest absolute Gasteiger partial charge is 0.361 e. The van der Waals surface area contributed by atoms with Crippen LogP contribution in [0.3, 0.4) is 0 Å². The van der Waals surface area contributed by atoms with Gasteiger partial charge in [-0.3, -0.25) is 24.5 Å². The van der Waals surface area contributed by atoms with Gasteiger partial charge in [0.1, 0.15) is 5.66 Å². The monoisotopic (exact) mass is 453 g/mol. The number of nitro benzene ring substituents is 1. The minimum absolute atomic E-state index is 0.0934. The van der Waals surface area contributed by atoms with Crippen molar-refractivity contribution in [1.82, 2.24) is 5.32 Å². The van der Waals surface area contributed by atoms with Gasteiger partial charge in [0.15, 0.2) is 0 Å². The molecule has 1 spiro atoms. The van der Waals surface area contributed by atoms with Gasteiger partial charge in [-0.15, -0.1) is 0 Å². The van der Waals surface area contributed by atoms with Gasteiger partial charge in [-0.2, -0.15) is 11.8 Å². The van der Waals surface area contributed by atoms with E-state index in [1.807, 2.05) is 0 Å². The first kappa shape index (κ1) is 21.4. The SMILES string of the molecule is O=C(C=CC(=O)Nc1ccc2c(c1)C(=O)NC1(CCSC1)N2)Nc1ccc([N+](=O)[O-])cc1. The zero-order valence-electron chi connectivity index (χ0n) is 16.7. The molecule has 4 N–H and O–H groups in total. The molecule has 2 aromatic rings. The normalized spacial score (nSPS) is 19.2. The number of hydrogen-bond acceptors (Lipinski definition) is 7. The lowest BCUT2D eigenvalue weighted by molar-refractivity contribution is -0.384. The molecule has 1 atom stereocenters. The molecule has 164 valence electrons. The van der Waals surface area contributed by atoms with Gasteiger partial charge in [0.05, 0.1) is 10.5 Å². The quantitative estimate of drug-likeness (QED) is 0.310. The van der Waals surface area contributed by atoms with Crippen molar-refractivity contribution in [2.45, 2.75) is 12.1 Å². The van der Waals surface area contributed by atoms with Gasteiger partial charge in [-0.05, 0) is 42.5 Å². The highest BCUT2D eigenvalue weighted by Crippen LogP contribution is 2.35. The number of carbonyl (C=O) groups is 3. The van der Waals surface area contributed by atoms with Gasteiger partial charge >= 0.3 is 0 Å². The zero-order chi connectivity index (χ0) is 22.7. The summed E-state index contributed by atoms with van der Waals surface area (Å²) in [4.78, 5) is 46.8. The van der Waals surface area contributed by atoms with Crippen LogP contribution in [0.25, 0.3) is 0 Å². The molecular formula is C21H19N5O5S. The molecule has 10 nitrogen and oxygen atoms in total. The molecule has 2 aromatic carbocycles. The number of nitrogens with zero attached hydrogens (tertiary/aromatic N) is 1. The highest BCUT2D eigenvalue weighted by Gasteiger charge is 2.40. The van der Waals surface area contributed by atoms with Crippen molar-refractivity contribution in [2.24, 2.45) is 0 Å². The third-order valence-corrected chi connectivity index (χ3v) is 6.20. The van der Waals surface area contributed by atoms with Crippen molar-refractivity contribution >= 4 is 52.2 Å². The van der Waals surface area contributed by atoms with Gasteiger partial charge < -0.3 is 21.3 Å². The number of thioether (sulfide) groups is 1. The molecule has 11 heteroatoms. The minimum atomic E-state index is -0.567. The summed E-state index contributed by atoms with van der Waals surface area (Å²) in [5.74, 6) is 0.458. The molecule has 1 unspecified atom stereocenters. The standard InChI is InChI=1S/C21H19N5O5S/c27-18(22-13-1-4-15(5-2-13)26(30)31)7-8-19(28)23-14-3-6-17-16(11-14)20(29)25-21(24-17)9-10-32-12-21/h1-8,11,24H,9-10,12H2,(H,22,27)(H,23,28)(H,25,29). The van der Waals surface area contributed by atoms with Gasteiger partial charge in [0.25, 0.3) is 11.6 Å². The summed E-state index contributed by atoms with van der Waals surface area (Å²) in [5, 5.41) is 22.2. The van der Waals surface area contributed by atoms with E-state index in [0.717, 1.165) is 30.1 Å². The molecule has 32 heavy (non-hydrogen) atoms. The first-order valence-corrected chi connectivity index (χ1v) is 10.9. The topological polar surface area (TPSA) is 142 Å². The van der Waals surface area contributed by atoms with E-state index in [1.54, 1.807) is 30.0 Å². The van der Waals surface area contributed by atoms with Gasteiger partial charge in [0.2, 0.25) is 11.8 Å². The van der Waals surface area contributed by atoms with Crippen LogP contribution >= 0.6 is 11.8 Å². The number of nitrogens with one attached hydrogen (secondary N) is 4. The van der Waals surface area contributed by atoms with Crippen molar-refractivity contribution in [3.63, 3.8) is 0 Å². The van der Waals surface area contributed by atoms with E-state index in [-0.39, 0.29) is 11.6 Å². The third-order valence-electron chi connectivity index (χ3n) is 5.01. The molecule has 0 bridgehead atoms. The Balaban J connectivity index is 1.35. The van der Waals surface area contributed by atoms with E-state index < -0.39 is 22.4 Å². The Hall–Kier alpha value is -3.86. The van der Waals surface area contributed by atoms with Crippen molar-refractivity contribution < 1.29 is 19.3 Å². The van der Waals surface area contributed by atoms with Crippen molar-refractivity contribution in [1.29, 1.82) is 0 Å². The van der Waals surface area contributed by atoms with Crippen LogP contribution in [0.1, 0.15) is 16.8 Å². The predicted octanol–water partition coefficient (Wildman–Crippen LogP) is 2.72. The van der Waals surface area contributed by atoms with Crippen LogP contribution < -0.4 is 21.3 Å². The Morgan fingerprint density at radius 2 is 1.69 bits per heavy atom. The van der Waals surface area contributed by atoms with Crippen LogP contribution in [0.5, 0.6) is 0 Å². The second-order valence-electron chi connectivity index (χ2n) is 7.34. The van der Waals surface area contributed by atoms with E-state index in [4.69, 9.17) is 0 Å². The summed E-state index contributed by atoms with van der Waals surface area (Å²) >= 11 is 1.78. The van der Waals surface area contributed by atoms with E-state index in [1.165, 1.54) is 24.3 Å². The lowest BCUT2D eigenvalue weighted by Crippen LogP contribution is -2.57. The molecule has 0 saturated carbocycles. The van der Waals surface area contributed by atoms with Crippen molar-refractivity contribution in [3.8, 4) is 0 Å². The fourth-order valence-electron chi connectivity index (χ4n) is 3.44. The molecule has 3 amide bonds. The van der Waals surface area contributed by atoms with Crippen molar-refractivity contribution in [3.05, 3.63) is 70.3 Å². The van der Waals surface area contributed by atoms with Crippen LogP contribution in [-0.4, -0.2) is 39.8 Å². The van der Waals surface area contributed by atoms with Gasteiger partial charge in [-0.1, -0.05) is 0 Å². The van der Waals surface area contributed by atoms with Gasteiger partial charge in [0, 0.05) is 47.1 Å². The zero-order valence-corrected chi connectivity index (χ0v) is 17.5. The Labute approximate surface area is 187 Å². The van der Waals surface area contributed by atoms with Crippen LogP contribution in [-0.2, 0) is 9.59 Å². The van der Waals surface area contributed by atoms with Gasteiger partial charge in [-0.25, -0.2) is 0 Å². The molecule has 1 fully saturated rings. The molecule has 4 rings (SSSR count). The molecule has 2 heterocycles. The highest BCUT2D eigenvalue weighted by atomic mass is 32.2. The average Bonchev–Trinajstić information content (AvgIpc) is 3.20. The molecule has 0 radical (unpaired) electrons. The summed E-state index contributed by atoms with van der Waals surface area (Å²) in [6, 6.07) is 10.3. The second kappa shape index (κ2) is 8.71. The van der Waals surface area contributed by atoms with Crippen LogP contribution in [0.2, 0.25) is 0 Å². The summed E-state index contributed by atoms with van der Waals surface area (Å²) in [5.41, 5.74) is 1.42. The number of non-ortho nitro benzene ring substituents is 1. The second-order valence-corrected chi connectivity index (χ2v) is 8.45. The first-order chi connectivity index (χ1) is 15.3. The number of anilines is 3. The minimum Gasteiger partial charge on any atom is -0.361 e. The summed E-state index contributed by atoms with van der Waals surface area (Å²) in [7, 11) is 0. The van der Waals surface area contributed by atoms with E-state index in [0.29, 0.717) is 22.6 Å². The Bertz CT molecular complexity index is 1130. The van der Waals surface area contributed by atoms with Crippen LogP contribution in [0.15, 0.2) is 54.6 Å². The molecule has 2 aliphatic heterocycles. The lowest BCUT2D eigenvalue weighted by atomic mass is 10.0. The maximum Gasteiger partial charge on any atom is 0.269 e. The molecule has 1 saturated heterocycles. The number of carbonyl (C=O) groups excluding carboxylic acids is 3. The van der Waals surface area contributed by atoms with Crippen LogP contribution in [0.4, 0.5) is 22.7 Å². The van der Waals surface area contributed by atoms with E-state index in [2.05, 4.69) is 21.3 Å². The third kappa shape index (κ3) is 4.72. The van der Waals surface area contributed by atoms with E-state index >= 15 is 0 Å². The molecule has 2 aliphatic rings. The summed E-state index contributed by atoms with van der Waals surface area (Å²) in [6.45, 7) is 0. The predicted molar refractivity (Wildman–Crippen MR) is 122 cm³/mol. The number of fused-ring (bicyclic) bond motifs is 1. The summed E-state index contributed by atoms with van der Waals surface area (Å²) in [6.07, 6.45) is 2.95. The maximum atomic E-state index is 12.6.